The molecule has 0 N–H and O–H groups in total. The topological polar surface area (TPSA) is 86.3 Å². The summed E-state index contributed by atoms with van der Waals surface area (Å²) in [5, 5.41) is 22.1. The van der Waals surface area contributed by atoms with Crippen molar-refractivity contribution in [1.82, 2.24) is 0 Å². The van der Waals surface area contributed by atoms with Crippen LogP contribution in [0.1, 0.15) is 0 Å². The largest absolute Gasteiger partial charge is 0.280 e. The molecule has 0 spiro atoms. The van der Waals surface area contributed by atoms with Crippen molar-refractivity contribution < 1.29 is 9.85 Å². The molecule has 0 saturated heterocycles. The van der Waals surface area contributed by atoms with Gasteiger partial charge in [0.1, 0.15) is 0 Å². The Morgan fingerprint density at radius 1 is 0.857 bits per heavy atom. The quantitative estimate of drug-likeness (QED) is 0.569. The van der Waals surface area contributed by atoms with Gasteiger partial charge in [0, 0.05) is 33.8 Å². The molecule has 2 aromatic carbocycles. The summed E-state index contributed by atoms with van der Waals surface area (Å²) < 4.78 is 0. The maximum absolute atomic E-state index is 11.1. The summed E-state index contributed by atoms with van der Waals surface area (Å²) in [6.07, 6.45) is 0. The normalized spacial score (nSPS) is 10.4. The smallest absolute Gasteiger partial charge is 0.258 e. The molecular weight excluding hydrogens is 343 g/mol. The van der Waals surface area contributed by atoms with Crippen molar-refractivity contribution in [1.29, 1.82) is 0 Å². The molecular formula is C12H5Cl3N2O4. The molecule has 2 aromatic rings. The molecule has 0 unspecified atom stereocenters. The van der Waals surface area contributed by atoms with Gasteiger partial charge in [-0.05, 0) is 12.1 Å². The van der Waals surface area contributed by atoms with E-state index in [9.17, 15) is 20.2 Å². The van der Waals surface area contributed by atoms with Gasteiger partial charge in [0.15, 0.2) is 0 Å². The number of hydrogen-bond donors (Lipinski definition) is 0. The van der Waals surface area contributed by atoms with Crippen molar-refractivity contribution in [3.8, 4) is 11.1 Å². The number of halogens is 3. The number of non-ortho nitro benzene ring substituents is 1. The summed E-state index contributed by atoms with van der Waals surface area (Å²) in [6.45, 7) is 0. The Morgan fingerprint density at radius 3 is 2.10 bits per heavy atom. The summed E-state index contributed by atoms with van der Waals surface area (Å²) in [7, 11) is 0. The molecule has 9 heteroatoms. The monoisotopic (exact) mass is 346 g/mol. The standard InChI is InChI=1S/C12H5Cl3N2O4/c13-6-3-10(15)12(11(4-6)17(20)21)8-5-7(16(18)19)1-2-9(8)14/h1-5H. The third-order valence-electron chi connectivity index (χ3n) is 2.66. The predicted molar refractivity (Wildman–Crippen MR) is 80.2 cm³/mol. The van der Waals surface area contributed by atoms with E-state index in [1.165, 1.54) is 18.2 Å². The average Bonchev–Trinajstić information content (AvgIpc) is 2.38. The molecule has 0 amide bonds. The van der Waals surface area contributed by atoms with Crippen LogP contribution in [0.5, 0.6) is 0 Å². The second kappa shape index (κ2) is 5.85. The zero-order valence-corrected chi connectivity index (χ0v) is 12.3. The van der Waals surface area contributed by atoms with E-state index in [0.29, 0.717) is 0 Å². The van der Waals surface area contributed by atoms with Crippen LogP contribution < -0.4 is 0 Å². The van der Waals surface area contributed by atoms with E-state index in [-0.39, 0.29) is 37.6 Å². The lowest BCUT2D eigenvalue weighted by Crippen LogP contribution is -1.95. The molecule has 0 aliphatic heterocycles. The van der Waals surface area contributed by atoms with E-state index in [4.69, 9.17) is 34.8 Å². The van der Waals surface area contributed by atoms with Gasteiger partial charge in [0.25, 0.3) is 11.4 Å². The van der Waals surface area contributed by atoms with Crippen LogP contribution in [-0.4, -0.2) is 9.85 Å². The molecule has 0 saturated carbocycles. The third-order valence-corrected chi connectivity index (χ3v) is 3.51. The maximum Gasteiger partial charge on any atom is 0.280 e. The molecule has 2 rings (SSSR count). The fraction of sp³-hybridized carbons (Fsp3) is 0. The minimum absolute atomic E-state index is 0.0141. The lowest BCUT2D eigenvalue weighted by molar-refractivity contribution is -0.385. The highest BCUT2D eigenvalue weighted by Crippen LogP contribution is 2.42. The first-order valence-corrected chi connectivity index (χ1v) is 6.52. The molecule has 0 aliphatic carbocycles. The second-order valence-corrected chi connectivity index (χ2v) is 5.21. The van der Waals surface area contributed by atoms with Gasteiger partial charge in [-0.25, -0.2) is 0 Å². The molecule has 0 aromatic heterocycles. The molecule has 6 nitrogen and oxygen atoms in total. The van der Waals surface area contributed by atoms with Crippen LogP contribution in [0.15, 0.2) is 30.3 Å². The Kier molecular flexibility index (Phi) is 4.32. The van der Waals surface area contributed by atoms with E-state index >= 15 is 0 Å². The highest BCUT2D eigenvalue weighted by molar-refractivity contribution is 6.39. The Morgan fingerprint density at radius 2 is 1.52 bits per heavy atom. The summed E-state index contributed by atoms with van der Waals surface area (Å²) in [4.78, 5) is 20.7. The number of hydrogen-bond acceptors (Lipinski definition) is 4. The zero-order chi connectivity index (χ0) is 15.7. The van der Waals surface area contributed by atoms with Gasteiger partial charge in [-0.3, -0.25) is 20.2 Å². The van der Waals surface area contributed by atoms with E-state index in [1.54, 1.807) is 0 Å². The first-order chi connectivity index (χ1) is 9.81. The molecule has 0 radical (unpaired) electrons. The van der Waals surface area contributed by atoms with Gasteiger partial charge in [-0.2, -0.15) is 0 Å². The molecule has 0 heterocycles. The molecule has 0 aliphatic rings. The van der Waals surface area contributed by atoms with Crippen molar-refractivity contribution >= 4 is 46.2 Å². The molecule has 0 fully saturated rings. The predicted octanol–water partition coefficient (Wildman–Crippen LogP) is 5.13. The van der Waals surface area contributed by atoms with Crippen molar-refractivity contribution in [3.05, 3.63) is 65.6 Å². The van der Waals surface area contributed by atoms with E-state index in [0.717, 1.165) is 12.1 Å². The minimum Gasteiger partial charge on any atom is -0.258 e. The van der Waals surface area contributed by atoms with Crippen LogP contribution in [-0.2, 0) is 0 Å². The Hall–Kier alpha value is -1.89. The Labute approximate surface area is 133 Å². The van der Waals surface area contributed by atoms with Crippen LogP contribution in [0.4, 0.5) is 11.4 Å². The van der Waals surface area contributed by atoms with Crippen LogP contribution in [0.25, 0.3) is 11.1 Å². The molecule has 0 atom stereocenters. The SMILES string of the molecule is O=[N+]([O-])c1ccc(Cl)c(-c2c(Cl)cc(Cl)cc2[N+](=O)[O-])c1. The number of benzene rings is 2. The Balaban J connectivity index is 2.81. The fourth-order valence-electron chi connectivity index (χ4n) is 1.79. The third kappa shape index (κ3) is 3.07. The zero-order valence-electron chi connectivity index (χ0n) is 10.0. The molecule has 0 bridgehead atoms. The summed E-state index contributed by atoms with van der Waals surface area (Å²) in [5.41, 5.74) is -0.552. The lowest BCUT2D eigenvalue weighted by atomic mass is 10.0. The van der Waals surface area contributed by atoms with Gasteiger partial charge in [-0.15, -0.1) is 0 Å². The highest BCUT2D eigenvalue weighted by Gasteiger charge is 2.23. The first-order valence-electron chi connectivity index (χ1n) is 5.39. The summed E-state index contributed by atoms with van der Waals surface area (Å²) in [5.74, 6) is 0. The lowest BCUT2D eigenvalue weighted by Gasteiger charge is -2.08. The van der Waals surface area contributed by atoms with Gasteiger partial charge in [-0.1, -0.05) is 34.8 Å². The van der Waals surface area contributed by atoms with Crippen LogP contribution in [0.3, 0.4) is 0 Å². The molecule has 21 heavy (non-hydrogen) atoms. The van der Waals surface area contributed by atoms with E-state index in [1.807, 2.05) is 0 Å². The average molecular weight is 348 g/mol. The van der Waals surface area contributed by atoms with Crippen LogP contribution in [0.2, 0.25) is 15.1 Å². The first kappa shape index (κ1) is 15.5. The minimum atomic E-state index is -0.678. The maximum atomic E-state index is 11.1. The van der Waals surface area contributed by atoms with Gasteiger partial charge in [0.05, 0.1) is 20.4 Å². The number of nitro groups is 2. The summed E-state index contributed by atoms with van der Waals surface area (Å²) in [6, 6.07) is 6.02. The van der Waals surface area contributed by atoms with E-state index in [2.05, 4.69) is 0 Å². The van der Waals surface area contributed by atoms with Gasteiger partial charge < -0.3 is 0 Å². The molecule has 108 valence electrons. The van der Waals surface area contributed by atoms with Crippen LogP contribution >= 0.6 is 34.8 Å². The number of nitrogens with zero attached hydrogens (tertiary/aromatic N) is 2. The second-order valence-electron chi connectivity index (χ2n) is 3.96. The van der Waals surface area contributed by atoms with Crippen molar-refractivity contribution in [2.45, 2.75) is 0 Å². The van der Waals surface area contributed by atoms with E-state index < -0.39 is 9.85 Å². The summed E-state index contributed by atoms with van der Waals surface area (Å²) >= 11 is 17.7. The highest BCUT2D eigenvalue weighted by atomic mass is 35.5. The number of rotatable bonds is 3. The number of nitro benzene ring substituents is 2. The van der Waals surface area contributed by atoms with Gasteiger partial charge >= 0.3 is 0 Å². The fourth-order valence-corrected chi connectivity index (χ4v) is 2.59. The van der Waals surface area contributed by atoms with Crippen LogP contribution in [0, 0.1) is 20.2 Å². The van der Waals surface area contributed by atoms with Crippen molar-refractivity contribution in [3.63, 3.8) is 0 Å². The van der Waals surface area contributed by atoms with Crippen molar-refractivity contribution in [2.24, 2.45) is 0 Å². The van der Waals surface area contributed by atoms with Crippen molar-refractivity contribution in [2.75, 3.05) is 0 Å². The Bertz CT molecular complexity index is 764. The van der Waals surface area contributed by atoms with Gasteiger partial charge in [0.2, 0.25) is 0 Å².